The zero-order valence-corrected chi connectivity index (χ0v) is 19.0. The van der Waals surface area contributed by atoms with Crippen LogP contribution in [0.2, 0.25) is 0 Å². The summed E-state index contributed by atoms with van der Waals surface area (Å²) in [6.45, 7) is 3.59. The van der Waals surface area contributed by atoms with E-state index in [1.54, 1.807) is 55.3 Å². The molecule has 168 valence electrons. The molecule has 3 aromatic heterocycles. The topological polar surface area (TPSA) is 124 Å². The molecule has 0 spiro atoms. The van der Waals surface area contributed by atoms with E-state index in [4.69, 9.17) is 4.74 Å². The van der Waals surface area contributed by atoms with Gasteiger partial charge in [-0.25, -0.2) is 18.1 Å². The van der Waals surface area contributed by atoms with Crippen molar-refractivity contribution in [1.82, 2.24) is 24.5 Å². The van der Waals surface area contributed by atoms with Crippen LogP contribution in [0.5, 0.6) is 5.75 Å². The van der Waals surface area contributed by atoms with E-state index in [-0.39, 0.29) is 10.6 Å². The van der Waals surface area contributed by atoms with Gasteiger partial charge in [0.05, 0.1) is 36.8 Å². The van der Waals surface area contributed by atoms with E-state index >= 15 is 0 Å². The normalized spacial score (nSPS) is 13.8. The molecule has 0 aliphatic carbocycles. The van der Waals surface area contributed by atoms with E-state index in [0.717, 1.165) is 5.39 Å². The second-order valence-corrected chi connectivity index (χ2v) is 9.29. The number of nitrogens with zero attached hydrogens (tertiary/aromatic N) is 5. The lowest BCUT2D eigenvalue weighted by molar-refractivity contribution is 0.0530. The maximum absolute atomic E-state index is 13.2. The first-order chi connectivity index (χ1) is 15.2. The van der Waals surface area contributed by atoms with Crippen LogP contribution in [0, 0.1) is 0 Å². The predicted molar refractivity (Wildman–Crippen MR) is 119 cm³/mol. The maximum Gasteiger partial charge on any atom is 0.265 e. The van der Waals surface area contributed by atoms with Crippen molar-refractivity contribution in [2.24, 2.45) is 7.05 Å². The van der Waals surface area contributed by atoms with Gasteiger partial charge in [0, 0.05) is 18.6 Å². The second kappa shape index (κ2) is 7.92. The van der Waals surface area contributed by atoms with Gasteiger partial charge in [-0.1, -0.05) is 6.92 Å². The highest BCUT2D eigenvalue weighted by atomic mass is 32.2. The summed E-state index contributed by atoms with van der Waals surface area (Å²) in [7, 11) is -0.801. The highest BCUT2D eigenvalue weighted by Gasteiger charge is 2.24. The molecule has 0 radical (unpaired) electrons. The first-order valence-electron chi connectivity index (χ1n) is 9.92. The summed E-state index contributed by atoms with van der Waals surface area (Å²) in [5.74, 6) is 0.761. The third kappa shape index (κ3) is 3.80. The summed E-state index contributed by atoms with van der Waals surface area (Å²) in [4.78, 5) is 4.20. The number of benzene rings is 1. The monoisotopic (exact) mass is 456 g/mol. The Hall–Kier alpha value is -3.44. The zero-order chi connectivity index (χ0) is 23.1. The Bertz CT molecular complexity index is 1390. The van der Waals surface area contributed by atoms with Crippen LogP contribution in [0.4, 0.5) is 5.69 Å². The van der Waals surface area contributed by atoms with Crippen LogP contribution in [0.3, 0.4) is 0 Å². The van der Waals surface area contributed by atoms with Crippen LogP contribution < -0.4 is 9.46 Å². The van der Waals surface area contributed by atoms with Crippen molar-refractivity contribution < 1.29 is 18.3 Å². The standard InChI is InChI=1S/C21H24N6O4S/c1-5-21(2,28)15-8-9-22-18(10-15)27-13-16(12-24-27)32(29,30)25-19-17(31-4)7-6-14-11-23-26(3)20(14)19/h6-13,25,28H,5H2,1-4H3. The lowest BCUT2D eigenvalue weighted by Crippen LogP contribution is -2.20. The number of aromatic nitrogens is 5. The van der Waals surface area contributed by atoms with Crippen molar-refractivity contribution >= 4 is 26.6 Å². The molecule has 11 heteroatoms. The molecule has 0 aliphatic rings. The molecule has 4 rings (SSSR count). The summed E-state index contributed by atoms with van der Waals surface area (Å²) < 4.78 is 37.2. The number of nitrogens with one attached hydrogen (secondary N) is 1. The number of fused-ring (bicyclic) bond motifs is 1. The molecule has 1 atom stereocenters. The molecule has 2 N–H and O–H groups in total. The Labute approximate surface area is 185 Å². The summed E-state index contributed by atoms with van der Waals surface area (Å²) in [5.41, 5.74) is 0.517. The van der Waals surface area contributed by atoms with E-state index < -0.39 is 15.6 Å². The van der Waals surface area contributed by atoms with Gasteiger partial charge in [-0.2, -0.15) is 10.2 Å². The van der Waals surface area contributed by atoms with Gasteiger partial charge < -0.3 is 9.84 Å². The Morgan fingerprint density at radius 3 is 2.72 bits per heavy atom. The zero-order valence-electron chi connectivity index (χ0n) is 18.1. The molecular weight excluding hydrogens is 432 g/mol. The fraction of sp³-hybridized carbons (Fsp3) is 0.286. The number of anilines is 1. The lowest BCUT2D eigenvalue weighted by atomic mass is 9.94. The molecule has 0 fully saturated rings. The number of pyridine rings is 1. The molecule has 4 aromatic rings. The number of ether oxygens (including phenoxy) is 1. The van der Waals surface area contributed by atoms with Gasteiger partial charge in [-0.15, -0.1) is 0 Å². The number of rotatable bonds is 7. The highest BCUT2D eigenvalue weighted by Crippen LogP contribution is 2.34. The van der Waals surface area contributed by atoms with Gasteiger partial charge in [0.1, 0.15) is 16.3 Å². The number of hydrogen-bond donors (Lipinski definition) is 2. The second-order valence-electron chi connectivity index (χ2n) is 7.61. The molecular formula is C21H24N6O4S. The number of aryl methyl sites for hydroxylation is 1. The summed E-state index contributed by atoms with van der Waals surface area (Å²) in [6.07, 6.45) is 6.32. The van der Waals surface area contributed by atoms with Crippen LogP contribution in [0.25, 0.3) is 16.7 Å². The number of methoxy groups -OCH3 is 1. The Morgan fingerprint density at radius 1 is 1.22 bits per heavy atom. The Balaban J connectivity index is 1.71. The average molecular weight is 457 g/mol. The van der Waals surface area contributed by atoms with Crippen LogP contribution >= 0.6 is 0 Å². The molecule has 1 unspecified atom stereocenters. The minimum absolute atomic E-state index is 0.0480. The minimum Gasteiger partial charge on any atom is -0.494 e. The van der Waals surface area contributed by atoms with E-state index in [1.807, 2.05) is 6.92 Å². The summed E-state index contributed by atoms with van der Waals surface area (Å²) in [5, 5.41) is 19.6. The van der Waals surface area contributed by atoms with Gasteiger partial charge in [-0.05, 0) is 43.2 Å². The van der Waals surface area contributed by atoms with Crippen LogP contribution in [0.15, 0.2) is 53.9 Å². The van der Waals surface area contributed by atoms with Gasteiger partial charge in [0.25, 0.3) is 10.0 Å². The van der Waals surface area contributed by atoms with Gasteiger partial charge in [0.2, 0.25) is 0 Å². The molecule has 0 bridgehead atoms. The van der Waals surface area contributed by atoms with Crippen molar-refractivity contribution in [3.05, 3.63) is 54.6 Å². The van der Waals surface area contributed by atoms with E-state index in [2.05, 4.69) is 19.9 Å². The fourth-order valence-electron chi connectivity index (χ4n) is 3.36. The van der Waals surface area contributed by atoms with Crippen molar-refractivity contribution in [3.8, 4) is 11.6 Å². The highest BCUT2D eigenvalue weighted by molar-refractivity contribution is 7.92. The van der Waals surface area contributed by atoms with Crippen LogP contribution in [-0.2, 0) is 22.7 Å². The Kier molecular flexibility index (Phi) is 5.39. The third-order valence-corrected chi connectivity index (χ3v) is 6.78. The van der Waals surface area contributed by atoms with Crippen molar-refractivity contribution in [2.45, 2.75) is 30.8 Å². The molecule has 0 aliphatic heterocycles. The average Bonchev–Trinajstić information content (AvgIpc) is 3.42. The third-order valence-electron chi connectivity index (χ3n) is 5.48. The SMILES string of the molecule is CCC(C)(O)c1ccnc(-n2cc(S(=O)(=O)Nc3c(OC)ccc4cnn(C)c34)cn2)c1. The Morgan fingerprint density at radius 2 is 2.00 bits per heavy atom. The molecule has 32 heavy (non-hydrogen) atoms. The van der Waals surface area contributed by atoms with Gasteiger partial charge in [0.15, 0.2) is 5.82 Å². The summed E-state index contributed by atoms with van der Waals surface area (Å²) in [6, 6.07) is 6.89. The first kappa shape index (κ1) is 21.8. The van der Waals surface area contributed by atoms with E-state index in [0.29, 0.717) is 29.1 Å². The van der Waals surface area contributed by atoms with Gasteiger partial charge >= 0.3 is 0 Å². The smallest absolute Gasteiger partial charge is 0.265 e. The molecule has 0 saturated carbocycles. The fourth-order valence-corrected chi connectivity index (χ4v) is 4.37. The van der Waals surface area contributed by atoms with E-state index in [9.17, 15) is 13.5 Å². The van der Waals surface area contributed by atoms with Gasteiger partial charge in [-0.3, -0.25) is 9.40 Å². The maximum atomic E-state index is 13.2. The number of sulfonamides is 1. The molecule has 0 saturated heterocycles. The molecule has 1 aromatic carbocycles. The van der Waals surface area contributed by atoms with Crippen molar-refractivity contribution in [1.29, 1.82) is 0 Å². The van der Waals surface area contributed by atoms with Crippen molar-refractivity contribution in [2.75, 3.05) is 11.8 Å². The largest absolute Gasteiger partial charge is 0.494 e. The molecule has 10 nitrogen and oxygen atoms in total. The van der Waals surface area contributed by atoms with Crippen LogP contribution in [-0.4, -0.2) is 45.2 Å². The first-order valence-corrected chi connectivity index (χ1v) is 11.4. The minimum atomic E-state index is -3.99. The quantitative estimate of drug-likeness (QED) is 0.438. The predicted octanol–water partition coefficient (Wildman–Crippen LogP) is 2.58. The lowest BCUT2D eigenvalue weighted by Gasteiger charge is -2.22. The number of hydrogen-bond acceptors (Lipinski definition) is 7. The van der Waals surface area contributed by atoms with E-state index in [1.165, 1.54) is 24.2 Å². The van der Waals surface area contributed by atoms with Crippen molar-refractivity contribution in [3.63, 3.8) is 0 Å². The molecule has 3 heterocycles. The van der Waals surface area contributed by atoms with Crippen LogP contribution in [0.1, 0.15) is 25.8 Å². The number of aliphatic hydroxyl groups is 1. The summed E-state index contributed by atoms with van der Waals surface area (Å²) >= 11 is 0. The molecule has 0 amide bonds.